The van der Waals surface area contributed by atoms with Crippen LogP contribution in [0.15, 0.2) is 150 Å². The van der Waals surface area contributed by atoms with Crippen molar-refractivity contribution in [2.45, 2.75) is 113 Å². The average molecular weight is 1070 g/mol. The number of hydrogen-bond acceptors (Lipinski definition) is 11. The highest BCUT2D eigenvalue weighted by molar-refractivity contribution is 5.87. The number of methoxy groups -OCH3 is 3. The molecule has 0 bridgehead atoms. The molecule has 1 aliphatic rings. The number of alkyl halides is 9. The second kappa shape index (κ2) is 26.3. The van der Waals surface area contributed by atoms with Gasteiger partial charge in [-0.15, -0.1) is 0 Å². The van der Waals surface area contributed by atoms with Crippen molar-refractivity contribution in [3.8, 4) is 0 Å². The summed E-state index contributed by atoms with van der Waals surface area (Å²) >= 11 is 0. The van der Waals surface area contributed by atoms with Crippen molar-refractivity contribution in [2.75, 3.05) is 34.5 Å². The lowest BCUT2D eigenvalue weighted by Crippen LogP contribution is -2.52. The fourth-order valence-corrected chi connectivity index (χ4v) is 8.24. The highest BCUT2D eigenvalue weighted by atomic mass is 19.4. The van der Waals surface area contributed by atoms with Crippen molar-refractivity contribution in [3.05, 3.63) is 166 Å². The number of cyclic esters (lactones) is 1. The smallest absolute Gasteiger partial charge is 0.432 e. The van der Waals surface area contributed by atoms with Gasteiger partial charge in [0, 0.05) is 56.1 Å². The molecule has 3 aromatic carbocycles. The summed E-state index contributed by atoms with van der Waals surface area (Å²) in [6.07, 6.45) is -10.4. The van der Waals surface area contributed by atoms with Crippen molar-refractivity contribution >= 4 is 23.9 Å². The molecule has 0 fully saturated rings. The summed E-state index contributed by atoms with van der Waals surface area (Å²) in [6, 6.07) is 18.6. The number of carbonyl (C=O) groups excluding carboxylic acids is 4. The van der Waals surface area contributed by atoms with Crippen LogP contribution in [0.5, 0.6) is 0 Å². The third kappa shape index (κ3) is 14.5. The molecule has 1 aliphatic heterocycles. The molecule has 4 rings (SSSR count). The van der Waals surface area contributed by atoms with Gasteiger partial charge in [-0.3, -0.25) is 0 Å². The van der Waals surface area contributed by atoms with E-state index >= 15 is 0 Å². The Labute approximate surface area is 429 Å². The fourth-order valence-electron chi connectivity index (χ4n) is 8.24. The highest BCUT2D eigenvalue weighted by Gasteiger charge is 2.66. The van der Waals surface area contributed by atoms with Gasteiger partial charge in [0.25, 0.3) is 16.8 Å². The second-order valence-electron chi connectivity index (χ2n) is 17.6. The fraction of sp³-hybridized carbons (Fsp3) is 0.418. The first-order valence-electron chi connectivity index (χ1n) is 23.4. The van der Waals surface area contributed by atoms with E-state index in [0.29, 0.717) is 39.1 Å². The van der Waals surface area contributed by atoms with E-state index < -0.39 is 101 Å². The predicted molar refractivity (Wildman–Crippen MR) is 256 cm³/mol. The molecule has 5 atom stereocenters. The van der Waals surface area contributed by atoms with Crippen LogP contribution >= 0.6 is 0 Å². The normalized spacial score (nSPS) is 17.6. The quantitative estimate of drug-likeness (QED) is 0.0329. The summed E-state index contributed by atoms with van der Waals surface area (Å²) in [6.45, 7) is 7.41. The zero-order valence-electron chi connectivity index (χ0n) is 42.1. The Morgan fingerprint density at radius 3 is 1.44 bits per heavy atom. The molecule has 20 heteroatoms. The van der Waals surface area contributed by atoms with Gasteiger partial charge in [-0.2, -0.15) is 39.5 Å². The van der Waals surface area contributed by atoms with E-state index in [9.17, 15) is 58.7 Å². The summed E-state index contributed by atoms with van der Waals surface area (Å²) < 4.78 is 167. The first-order valence-corrected chi connectivity index (χ1v) is 23.4. The van der Waals surface area contributed by atoms with Gasteiger partial charge in [0.2, 0.25) is 0 Å². The molecule has 75 heavy (non-hydrogen) atoms. The van der Waals surface area contributed by atoms with Crippen molar-refractivity contribution in [2.24, 2.45) is 0 Å². The van der Waals surface area contributed by atoms with Crippen molar-refractivity contribution in [1.29, 1.82) is 0 Å². The molecular weight excluding hydrogens is 1010 g/mol. The number of halogens is 9. The van der Waals surface area contributed by atoms with E-state index in [1.165, 1.54) is 67.6 Å². The number of carbonyl (C=O) groups is 4. The Kier molecular flexibility index (Phi) is 21.4. The molecule has 3 aromatic rings. The Bertz CT molecular complexity index is 2550. The third-order valence-corrected chi connectivity index (χ3v) is 12.5. The van der Waals surface area contributed by atoms with Gasteiger partial charge in [-0.1, -0.05) is 127 Å². The first-order chi connectivity index (χ1) is 35.2. The summed E-state index contributed by atoms with van der Waals surface area (Å²) in [5.41, 5.74) is -9.77. The molecule has 0 radical (unpaired) electrons. The van der Waals surface area contributed by atoms with E-state index in [-0.39, 0.29) is 36.8 Å². The Hall–Kier alpha value is -6.51. The van der Waals surface area contributed by atoms with Gasteiger partial charge in [-0.05, 0) is 70.4 Å². The summed E-state index contributed by atoms with van der Waals surface area (Å²) in [5.74, 6) is -6.16. The second-order valence-corrected chi connectivity index (χ2v) is 17.6. The highest BCUT2D eigenvalue weighted by Crippen LogP contribution is 2.46. The predicted octanol–water partition coefficient (Wildman–Crippen LogP) is 12.3. The zero-order chi connectivity index (χ0) is 55.8. The molecular formula is C55H59F9O11. The maximum atomic E-state index is 14.7. The minimum absolute atomic E-state index is 0.0476. The molecule has 0 saturated heterocycles. The van der Waals surface area contributed by atoms with Crippen LogP contribution in [0.4, 0.5) is 39.5 Å². The monoisotopic (exact) mass is 1070 g/mol. The van der Waals surface area contributed by atoms with Crippen LogP contribution in [0.25, 0.3) is 0 Å². The Morgan fingerprint density at radius 2 is 1.01 bits per heavy atom. The van der Waals surface area contributed by atoms with Gasteiger partial charge in [0.1, 0.15) is 25.4 Å². The summed E-state index contributed by atoms with van der Waals surface area (Å²) in [7, 11) is 2.17. The number of allylic oxidation sites excluding steroid dienone is 4. The van der Waals surface area contributed by atoms with Crippen LogP contribution in [0.1, 0.15) is 82.4 Å². The van der Waals surface area contributed by atoms with Gasteiger partial charge < -0.3 is 33.2 Å². The number of esters is 4. The SMILES string of the molecule is C=C(C)[C@@H](CC/C(C)=C/CC/C(C)=C/CC/C(=C/C[C@H]1OC(=O)C=C1COC(=O)[C@](OC)(c1ccccc1)C(F)(F)F)COC(=O)[C@](OC)(c1ccccc1)C(F)(F)F)OC(=O)[C@](OC)(c1ccccc1)C(F)(F)F. The molecule has 11 nitrogen and oxygen atoms in total. The van der Waals surface area contributed by atoms with Crippen LogP contribution in [-0.4, -0.2) is 89.2 Å². The topological polar surface area (TPSA) is 133 Å². The van der Waals surface area contributed by atoms with Crippen molar-refractivity contribution < 1.29 is 91.8 Å². The standard InChI is InChI=1S/C55H59F9O11/c1-36(2)44(75-49(68)52(71-7,55(62,63)64)43-27-15-10-16-28-43)31-29-38(4)20-17-19-37(3)21-18-22-39(34-72-47(66)50(69-5,53(56,57)58)41-23-11-8-12-24-41)30-32-45-40(33-46(65)74-45)35-73-48(67)51(70-6,54(59,60)61)42-25-13-9-14-26-42/h8-16,20-21,23-28,30,33,44-45H,1,17-19,22,29,31-32,34-35H2,2-7H3/b37-21+,38-20+,39-30-/t44-,45-,50-,51-,52-/m1/s1. The molecule has 0 spiro atoms. The van der Waals surface area contributed by atoms with E-state index in [1.807, 2.05) is 19.1 Å². The lowest BCUT2D eigenvalue weighted by molar-refractivity contribution is -0.278. The lowest BCUT2D eigenvalue weighted by atomic mass is 9.92. The molecule has 0 N–H and O–H groups in total. The van der Waals surface area contributed by atoms with Gasteiger partial charge in [0.05, 0.1) is 0 Å². The molecule has 0 aliphatic carbocycles. The molecule has 1 heterocycles. The maximum Gasteiger partial charge on any atom is 0.432 e. The van der Waals surface area contributed by atoms with Crippen LogP contribution < -0.4 is 0 Å². The van der Waals surface area contributed by atoms with E-state index in [2.05, 4.69) is 6.58 Å². The Balaban J connectivity index is 1.48. The molecule has 0 unspecified atom stereocenters. The summed E-state index contributed by atoms with van der Waals surface area (Å²) in [5, 5.41) is 0. The van der Waals surface area contributed by atoms with Gasteiger partial charge >= 0.3 is 42.4 Å². The maximum absolute atomic E-state index is 14.7. The zero-order valence-corrected chi connectivity index (χ0v) is 42.1. The number of ether oxygens (including phenoxy) is 7. The van der Waals surface area contributed by atoms with Crippen LogP contribution in [-0.2, 0) is 69.1 Å². The summed E-state index contributed by atoms with van der Waals surface area (Å²) in [4.78, 5) is 52.5. The molecule has 0 aromatic heterocycles. The van der Waals surface area contributed by atoms with Gasteiger partial charge in [0.15, 0.2) is 0 Å². The van der Waals surface area contributed by atoms with E-state index in [1.54, 1.807) is 6.92 Å². The number of benzene rings is 3. The average Bonchev–Trinajstić information content (AvgIpc) is 3.71. The molecule has 0 saturated carbocycles. The minimum Gasteiger partial charge on any atom is -0.459 e. The third-order valence-electron chi connectivity index (χ3n) is 12.5. The van der Waals surface area contributed by atoms with E-state index in [4.69, 9.17) is 33.2 Å². The van der Waals surface area contributed by atoms with Crippen LogP contribution in [0.2, 0.25) is 0 Å². The van der Waals surface area contributed by atoms with Gasteiger partial charge in [-0.25, -0.2) is 19.2 Å². The number of rotatable bonds is 26. The largest absolute Gasteiger partial charge is 0.459 e. The molecule has 408 valence electrons. The number of hydrogen-bond donors (Lipinski definition) is 0. The molecule has 0 amide bonds. The van der Waals surface area contributed by atoms with Crippen molar-refractivity contribution in [1.82, 2.24) is 0 Å². The van der Waals surface area contributed by atoms with Crippen LogP contribution in [0.3, 0.4) is 0 Å². The van der Waals surface area contributed by atoms with Crippen molar-refractivity contribution in [3.63, 3.8) is 0 Å². The van der Waals surface area contributed by atoms with Crippen LogP contribution in [0, 0.1) is 0 Å². The minimum atomic E-state index is -5.29. The van der Waals surface area contributed by atoms with E-state index in [0.717, 1.165) is 60.7 Å². The first kappa shape index (κ1) is 61.0. The Morgan fingerprint density at radius 1 is 0.600 bits per heavy atom. The lowest BCUT2D eigenvalue weighted by Gasteiger charge is -2.34.